The highest BCUT2D eigenvalue weighted by Gasteiger charge is 2.06. The summed E-state index contributed by atoms with van der Waals surface area (Å²) in [5, 5.41) is 5.87. The van der Waals surface area contributed by atoms with Crippen molar-refractivity contribution in [1.29, 1.82) is 0 Å². The summed E-state index contributed by atoms with van der Waals surface area (Å²) in [5.41, 5.74) is 4.19. The van der Waals surface area contributed by atoms with Crippen LogP contribution in [0.15, 0.2) is 42.5 Å². The van der Waals surface area contributed by atoms with Crippen LogP contribution in [0.5, 0.6) is 5.75 Å². The van der Waals surface area contributed by atoms with Gasteiger partial charge in [0.25, 0.3) is 5.91 Å². The number of thiocarbonyl (C=S) groups is 1. The van der Waals surface area contributed by atoms with Gasteiger partial charge in [-0.2, -0.15) is 0 Å². The van der Waals surface area contributed by atoms with Gasteiger partial charge in [-0.3, -0.25) is 10.1 Å². The molecule has 0 saturated carbocycles. The molecule has 120 valence electrons. The molecule has 0 fully saturated rings. The van der Waals surface area contributed by atoms with E-state index in [0.29, 0.717) is 5.75 Å². The molecule has 2 aromatic carbocycles. The average molecular weight is 328 g/mol. The molecule has 2 aromatic rings. The lowest BCUT2D eigenvalue weighted by Gasteiger charge is -2.11. The number of ether oxygens (including phenoxy) is 1. The minimum absolute atomic E-state index is 0.0852. The molecule has 0 aliphatic heterocycles. The molecule has 0 saturated heterocycles. The molecule has 23 heavy (non-hydrogen) atoms. The van der Waals surface area contributed by atoms with Crippen LogP contribution in [0.2, 0.25) is 0 Å². The Labute approximate surface area is 141 Å². The number of rotatable bonds is 4. The van der Waals surface area contributed by atoms with E-state index in [0.717, 1.165) is 22.4 Å². The topological polar surface area (TPSA) is 50.4 Å². The van der Waals surface area contributed by atoms with Gasteiger partial charge in [-0.25, -0.2) is 0 Å². The summed E-state index contributed by atoms with van der Waals surface area (Å²) in [4.78, 5) is 11.9. The molecule has 2 N–H and O–H groups in total. The molecule has 0 unspecified atom stereocenters. The third-order valence-corrected chi connectivity index (χ3v) is 3.30. The molecule has 0 aromatic heterocycles. The first kappa shape index (κ1) is 17.0. The summed E-state index contributed by atoms with van der Waals surface area (Å²) in [6, 6.07) is 13.5. The predicted octanol–water partition coefficient (Wildman–Crippen LogP) is 3.50. The van der Waals surface area contributed by atoms with Crippen molar-refractivity contribution in [1.82, 2.24) is 5.32 Å². The van der Waals surface area contributed by atoms with Crippen molar-refractivity contribution < 1.29 is 9.53 Å². The van der Waals surface area contributed by atoms with E-state index in [1.165, 1.54) is 0 Å². The Hall–Kier alpha value is -2.40. The summed E-state index contributed by atoms with van der Waals surface area (Å²) >= 11 is 5.15. The second kappa shape index (κ2) is 7.74. The van der Waals surface area contributed by atoms with Crippen molar-refractivity contribution in [2.45, 2.75) is 20.8 Å². The second-order valence-corrected chi connectivity index (χ2v) is 5.89. The van der Waals surface area contributed by atoms with Gasteiger partial charge >= 0.3 is 0 Å². The number of carbonyl (C=O) groups excluding carboxylic acids is 1. The number of hydrogen-bond donors (Lipinski definition) is 2. The number of aryl methyl sites for hydroxylation is 3. The Balaban J connectivity index is 1.83. The Bertz CT molecular complexity index is 708. The fourth-order valence-corrected chi connectivity index (χ4v) is 2.46. The maximum Gasteiger partial charge on any atom is 0.264 e. The van der Waals surface area contributed by atoms with Gasteiger partial charge in [0.05, 0.1) is 0 Å². The minimum Gasteiger partial charge on any atom is -0.484 e. The number of nitrogens with one attached hydrogen (secondary N) is 2. The SMILES string of the molecule is Cc1cc(C)cc(NC(=S)NC(=O)COc2cccc(C)c2)c1. The summed E-state index contributed by atoms with van der Waals surface area (Å²) < 4.78 is 5.44. The summed E-state index contributed by atoms with van der Waals surface area (Å²) in [6.07, 6.45) is 0. The highest BCUT2D eigenvalue weighted by Crippen LogP contribution is 2.14. The van der Waals surface area contributed by atoms with Crippen LogP contribution in [0.3, 0.4) is 0 Å². The quantitative estimate of drug-likeness (QED) is 0.844. The molecule has 0 radical (unpaired) electrons. The van der Waals surface area contributed by atoms with E-state index >= 15 is 0 Å². The van der Waals surface area contributed by atoms with E-state index in [1.807, 2.05) is 57.2 Å². The Morgan fingerprint density at radius 1 is 1.04 bits per heavy atom. The van der Waals surface area contributed by atoms with Gasteiger partial charge in [-0.1, -0.05) is 18.2 Å². The Morgan fingerprint density at radius 3 is 2.39 bits per heavy atom. The largest absolute Gasteiger partial charge is 0.484 e. The molecule has 0 aliphatic carbocycles. The van der Waals surface area contributed by atoms with Crippen LogP contribution in [-0.4, -0.2) is 17.6 Å². The first-order valence-corrected chi connectivity index (χ1v) is 7.72. The third kappa shape index (κ3) is 5.71. The maximum atomic E-state index is 11.9. The Morgan fingerprint density at radius 2 is 1.74 bits per heavy atom. The first-order chi connectivity index (χ1) is 10.9. The van der Waals surface area contributed by atoms with Gasteiger partial charge in [0.15, 0.2) is 11.7 Å². The molecule has 4 nitrogen and oxygen atoms in total. The molecule has 2 rings (SSSR count). The van der Waals surface area contributed by atoms with Crippen LogP contribution < -0.4 is 15.4 Å². The minimum atomic E-state index is -0.298. The van der Waals surface area contributed by atoms with Crippen LogP contribution in [-0.2, 0) is 4.79 Å². The molecule has 0 aliphatic rings. The van der Waals surface area contributed by atoms with Crippen molar-refractivity contribution in [3.05, 3.63) is 59.2 Å². The third-order valence-electron chi connectivity index (χ3n) is 3.09. The van der Waals surface area contributed by atoms with E-state index in [-0.39, 0.29) is 17.6 Å². The van der Waals surface area contributed by atoms with Crippen LogP contribution in [0.4, 0.5) is 5.69 Å². The van der Waals surface area contributed by atoms with E-state index < -0.39 is 0 Å². The zero-order valence-electron chi connectivity index (χ0n) is 13.5. The first-order valence-electron chi connectivity index (χ1n) is 7.31. The van der Waals surface area contributed by atoms with Crippen molar-refractivity contribution in [3.63, 3.8) is 0 Å². The van der Waals surface area contributed by atoms with Crippen molar-refractivity contribution in [2.75, 3.05) is 11.9 Å². The summed E-state index contributed by atoms with van der Waals surface area (Å²) in [6.45, 7) is 5.90. The highest BCUT2D eigenvalue weighted by atomic mass is 32.1. The smallest absolute Gasteiger partial charge is 0.264 e. The van der Waals surface area contributed by atoms with E-state index in [1.54, 1.807) is 0 Å². The van der Waals surface area contributed by atoms with Crippen LogP contribution in [0.25, 0.3) is 0 Å². The zero-order valence-corrected chi connectivity index (χ0v) is 14.3. The lowest BCUT2D eigenvalue weighted by molar-refractivity contribution is -0.121. The van der Waals surface area contributed by atoms with Crippen molar-refractivity contribution in [3.8, 4) is 5.75 Å². The fourth-order valence-electron chi connectivity index (χ4n) is 2.23. The van der Waals surface area contributed by atoms with Crippen LogP contribution in [0, 0.1) is 20.8 Å². The van der Waals surface area contributed by atoms with E-state index in [9.17, 15) is 4.79 Å². The molecule has 0 spiro atoms. The van der Waals surface area contributed by atoms with Gasteiger partial charge < -0.3 is 10.1 Å². The van der Waals surface area contributed by atoms with Crippen LogP contribution in [0.1, 0.15) is 16.7 Å². The van der Waals surface area contributed by atoms with E-state index in [4.69, 9.17) is 17.0 Å². The molecule has 5 heteroatoms. The molecular formula is C18H20N2O2S. The standard InChI is InChI=1S/C18H20N2O2S/c1-12-5-4-6-16(10-12)22-11-17(21)20-18(23)19-15-8-13(2)7-14(3)9-15/h4-10H,11H2,1-3H3,(H2,19,20,21,23). The molecule has 1 amide bonds. The predicted molar refractivity (Wildman–Crippen MR) is 97.0 cm³/mol. The fraction of sp³-hybridized carbons (Fsp3) is 0.222. The monoisotopic (exact) mass is 328 g/mol. The number of hydrogen-bond acceptors (Lipinski definition) is 3. The Kier molecular flexibility index (Phi) is 5.71. The molecule has 0 atom stereocenters. The average Bonchev–Trinajstić information content (AvgIpc) is 2.44. The highest BCUT2D eigenvalue weighted by molar-refractivity contribution is 7.80. The van der Waals surface area contributed by atoms with Crippen molar-refractivity contribution in [2.24, 2.45) is 0 Å². The number of anilines is 1. The zero-order chi connectivity index (χ0) is 16.8. The van der Waals surface area contributed by atoms with Gasteiger partial charge in [0.1, 0.15) is 5.75 Å². The van der Waals surface area contributed by atoms with Gasteiger partial charge in [-0.05, 0) is 73.9 Å². The number of amides is 1. The van der Waals surface area contributed by atoms with Crippen molar-refractivity contribution >= 4 is 28.9 Å². The maximum absolute atomic E-state index is 11.9. The number of benzene rings is 2. The van der Waals surface area contributed by atoms with Gasteiger partial charge in [0, 0.05) is 5.69 Å². The second-order valence-electron chi connectivity index (χ2n) is 5.48. The van der Waals surface area contributed by atoms with Gasteiger partial charge in [-0.15, -0.1) is 0 Å². The summed E-state index contributed by atoms with van der Waals surface area (Å²) in [7, 11) is 0. The summed E-state index contributed by atoms with van der Waals surface area (Å²) in [5.74, 6) is 0.363. The lowest BCUT2D eigenvalue weighted by atomic mass is 10.1. The van der Waals surface area contributed by atoms with Gasteiger partial charge in [0.2, 0.25) is 0 Å². The van der Waals surface area contributed by atoms with Crippen LogP contribution >= 0.6 is 12.2 Å². The normalized spacial score (nSPS) is 10.0. The molecule has 0 heterocycles. The number of carbonyl (C=O) groups is 1. The molecule has 0 bridgehead atoms. The van der Waals surface area contributed by atoms with E-state index in [2.05, 4.69) is 16.7 Å². The molecular weight excluding hydrogens is 308 g/mol. The lowest BCUT2D eigenvalue weighted by Crippen LogP contribution is -2.37.